The first-order valence-corrected chi connectivity index (χ1v) is 6.14. The SMILES string of the molecule is CCOc1ccc(N2CCNC(C(=O)O)C2)cc1. The summed E-state index contributed by atoms with van der Waals surface area (Å²) in [6, 6.07) is 7.27. The number of rotatable bonds is 4. The van der Waals surface area contributed by atoms with Crippen molar-refractivity contribution in [2.45, 2.75) is 13.0 Å². The summed E-state index contributed by atoms with van der Waals surface area (Å²) in [6.07, 6.45) is 0. The number of carboxylic acid groups (broad SMARTS) is 1. The molecule has 1 aromatic carbocycles. The molecule has 1 unspecified atom stereocenters. The largest absolute Gasteiger partial charge is 0.494 e. The van der Waals surface area contributed by atoms with Crippen molar-refractivity contribution in [1.29, 1.82) is 0 Å². The Morgan fingerprint density at radius 3 is 2.83 bits per heavy atom. The van der Waals surface area contributed by atoms with Crippen LogP contribution in [-0.4, -0.2) is 43.4 Å². The number of anilines is 1. The fraction of sp³-hybridized carbons (Fsp3) is 0.462. The van der Waals surface area contributed by atoms with E-state index in [4.69, 9.17) is 9.84 Å². The Kier molecular flexibility index (Phi) is 4.04. The van der Waals surface area contributed by atoms with Gasteiger partial charge in [-0.3, -0.25) is 4.79 Å². The van der Waals surface area contributed by atoms with Gasteiger partial charge in [0.2, 0.25) is 0 Å². The molecule has 0 bridgehead atoms. The maximum atomic E-state index is 11.0. The molecule has 98 valence electrons. The summed E-state index contributed by atoms with van der Waals surface area (Å²) in [7, 11) is 0. The van der Waals surface area contributed by atoms with E-state index >= 15 is 0 Å². The van der Waals surface area contributed by atoms with Crippen LogP contribution in [0.1, 0.15) is 6.92 Å². The zero-order valence-corrected chi connectivity index (χ0v) is 10.4. The first-order chi connectivity index (χ1) is 8.70. The van der Waals surface area contributed by atoms with E-state index in [0.717, 1.165) is 18.0 Å². The molecule has 2 rings (SSSR count). The van der Waals surface area contributed by atoms with E-state index in [-0.39, 0.29) is 0 Å². The maximum Gasteiger partial charge on any atom is 0.322 e. The normalized spacial score (nSPS) is 19.6. The Morgan fingerprint density at radius 1 is 1.50 bits per heavy atom. The van der Waals surface area contributed by atoms with E-state index in [1.54, 1.807) is 0 Å². The van der Waals surface area contributed by atoms with Crippen molar-refractivity contribution in [3.63, 3.8) is 0 Å². The Labute approximate surface area is 106 Å². The molecule has 0 amide bonds. The quantitative estimate of drug-likeness (QED) is 0.833. The highest BCUT2D eigenvalue weighted by molar-refractivity contribution is 5.75. The van der Waals surface area contributed by atoms with Crippen LogP contribution in [0.15, 0.2) is 24.3 Å². The highest BCUT2D eigenvalue weighted by atomic mass is 16.5. The summed E-state index contributed by atoms with van der Waals surface area (Å²) in [6.45, 7) is 4.58. The lowest BCUT2D eigenvalue weighted by molar-refractivity contribution is -0.139. The molecule has 1 heterocycles. The summed E-state index contributed by atoms with van der Waals surface area (Å²) in [5, 5.41) is 12.0. The maximum absolute atomic E-state index is 11.0. The lowest BCUT2D eigenvalue weighted by Crippen LogP contribution is -2.54. The second-order valence-corrected chi connectivity index (χ2v) is 4.22. The fourth-order valence-corrected chi connectivity index (χ4v) is 2.07. The van der Waals surface area contributed by atoms with Gasteiger partial charge in [-0.1, -0.05) is 0 Å². The van der Waals surface area contributed by atoms with Gasteiger partial charge in [0.15, 0.2) is 0 Å². The summed E-state index contributed by atoms with van der Waals surface area (Å²) in [5.74, 6) is 0.0387. The van der Waals surface area contributed by atoms with E-state index in [9.17, 15) is 4.79 Å². The van der Waals surface area contributed by atoms with Crippen molar-refractivity contribution in [2.24, 2.45) is 0 Å². The average Bonchev–Trinajstić information content (AvgIpc) is 2.40. The van der Waals surface area contributed by atoms with Crippen molar-refractivity contribution in [3.05, 3.63) is 24.3 Å². The van der Waals surface area contributed by atoms with Crippen molar-refractivity contribution in [2.75, 3.05) is 31.1 Å². The molecule has 1 aromatic rings. The predicted molar refractivity (Wildman–Crippen MR) is 69.3 cm³/mol. The van der Waals surface area contributed by atoms with Crippen LogP contribution in [0.4, 0.5) is 5.69 Å². The van der Waals surface area contributed by atoms with Crippen LogP contribution in [-0.2, 0) is 4.79 Å². The van der Waals surface area contributed by atoms with Gasteiger partial charge in [0.05, 0.1) is 6.61 Å². The van der Waals surface area contributed by atoms with Gasteiger partial charge in [0.25, 0.3) is 0 Å². The van der Waals surface area contributed by atoms with Crippen LogP contribution in [0, 0.1) is 0 Å². The molecule has 0 aromatic heterocycles. The number of piperazine rings is 1. The summed E-state index contributed by atoms with van der Waals surface area (Å²) in [5.41, 5.74) is 1.03. The Bertz CT molecular complexity index is 405. The first-order valence-electron chi connectivity index (χ1n) is 6.14. The molecule has 0 aliphatic carbocycles. The first kappa shape index (κ1) is 12.7. The minimum absolute atomic E-state index is 0.489. The van der Waals surface area contributed by atoms with E-state index in [2.05, 4.69) is 10.2 Å². The van der Waals surface area contributed by atoms with Gasteiger partial charge in [-0.25, -0.2) is 0 Å². The second kappa shape index (κ2) is 5.73. The molecule has 5 heteroatoms. The number of carbonyl (C=O) groups is 1. The zero-order valence-electron chi connectivity index (χ0n) is 10.4. The van der Waals surface area contributed by atoms with Gasteiger partial charge in [0, 0.05) is 25.3 Å². The van der Waals surface area contributed by atoms with Crippen LogP contribution in [0.5, 0.6) is 5.75 Å². The minimum atomic E-state index is -0.800. The lowest BCUT2D eigenvalue weighted by Gasteiger charge is -2.33. The monoisotopic (exact) mass is 250 g/mol. The highest BCUT2D eigenvalue weighted by Gasteiger charge is 2.24. The highest BCUT2D eigenvalue weighted by Crippen LogP contribution is 2.20. The van der Waals surface area contributed by atoms with E-state index in [1.165, 1.54) is 0 Å². The standard InChI is InChI=1S/C13H18N2O3/c1-2-18-11-5-3-10(4-6-11)15-8-7-14-12(9-15)13(16)17/h3-6,12,14H,2,7-9H2,1H3,(H,16,17). The fourth-order valence-electron chi connectivity index (χ4n) is 2.07. The van der Waals surface area contributed by atoms with Crippen molar-refractivity contribution in [1.82, 2.24) is 5.32 Å². The molecule has 1 saturated heterocycles. The Morgan fingerprint density at radius 2 is 2.22 bits per heavy atom. The number of nitrogens with zero attached hydrogens (tertiary/aromatic N) is 1. The zero-order chi connectivity index (χ0) is 13.0. The van der Waals surface area contributed by atoms with Gasteiger partial charge < -0.3 is 20.1 Å². The molecule has 0 saturated carbocycles. The van der Waals surface area contributed by atoms with E-state index < -0.39 is 12.0 Å². The van der Waals surface area contributed by atoms with Gasteiger partial charge >= 0.3 is 5.97 Å². The van der Waals surface area contributed by atoms with Crippen LogP contribution < -0.4 is 15.0 Å². The van der Waals surface area contributed by atoms with Crippen LogP contribution in [0.2, 0.25) is 0 Å². The van der Waals surface area contributed by atoms with Crippen LogP contribution in [0.3, 0.4) is 0 Å². The molecule has 1 aliphatic rings. The molecule has 2 N–H and O–H groups in total. The Balaban J connectivity index is 2.04. The van der Waals surface area contributed by atoms with Crippen LogP contribution in [0.25, 0.3) is 0 Å². The molecular weight excluding hydrogens is 232 g/mol. The average molecular weight is 250 g/mol. The van der Waals surface area contributed by atoms with E-state index in [1.807, 2.05) is 31.2 Å². The summed E-state index contributed by atoms with van der Waals surface area (Å²) < 4.78 is 5.38. The van der Waals surface area contributed by atoms with Crippen molar-refractivity contribution >= 4 is 11.7 Å². The smallest absolute Gasteiger partial charge is 0.322 e. The van der Waals surface area contributed by atoms with Gasteiger partial charge in [0.1, 0.15) is 11.8 Å². The summed E-state index contributed by atoms with van der Waals surface area (Å²) in [4.78, 5) is 13.0. The van der Waals surface area contributed by atoms with Gasteiger partial charge in [-0.05, 0) is 31.2 Å². The molecule has 5 nitrogen and oxygen atoms in total. The topological polar surface area (TPSA) is 61.8 Å². The third-order valence-electron chi connectivity index (χ3n) is 2.99. The number of benzene rings is 1. The molecule has 0 radical (unpaired) electrons. The predicted octanol–water partition coefficient (Wildman–Crippen LogP) is 0.948. The third kappa shape index (κ3) is 2.92. The molecular formula is C13H18N2O3. The molecule has 1 fully saturated rings. The lowest BCUT2D eigenvalue weighted by atomic mass is 10.2. The molecule has 1 aliphatic heterocycles. The molecule has 0 spiro atoms. The minimum Gasteiger partial charge on any atom is -0.494 e. The number of hydrogen-bond acceptors (Lipinski definition) is 4. The number of hydrogen-bond donors (Lipinski definition) is 2. The number of nitrogens with one attached hydrogen (secondary N) is 1. The van der Waals surface area contributed by atoms with E-state index in [0.29, 0.717) is 19.7 Å². The van der Waals surface area contributed by atoms with Crippen molar-refractivity contribution < 1.29 is 14.6 Å². The van der Waals surface area contributed by atoms with Crippen molar-refractivity contribution in [3.8, 4) is 5.75 Å². The second-order valence-electron chi connectivity index (χ2n) is 4.22. The number of ether oxygens (including phenoxy) is 1. The van der Waals surface area contributed by atoms with Crippen LogP contribution >= 0.6 is 0 Å². The third-order valence-corrected chi connectivity index (χ3v) is 2.99. The van der Waals surface area contributed by atoms with Gasteiger partial charge in [-0.2, -0.15) is 0 Å². The Hall–Kier alpha value is -1.75. The number of carboxylic acids is 1. The summed E-state index contributed by atoms with van der Waals surface area (Å²) >= 11 is 0. The molecule has 18 heavy (non-hydrogen) atoms. The number of aliphatic carboxylic acids is 1. The van der Waals surface area contributed by atoms with Gasteiger partial charge in [-0.15, -0.1) is 0 Å². The molecule has 1 atom stereocenters.